The van der Waals surface area contributed by atoms with Crippen molar-refractivity contribution in [1.82, 2.24) is 5.32 Å². The van der Waals surface area contributed by atoms with Gasteiger partial charge in [-0.1, -0.05) is 6.07 Å². The summed E-state index contributed by atoms with van der Waals surface area (Å²) >= 11 is 0. The fourth-order valence-electron chi connectivity index (χ4n) is 2.38. The molecule has 1 aromatic carbocycles. The Labute approximate surface area is 121 Å². The Morgan fingerprint density at radius 3 is 2.58 bits per heavy atom. The van der Waals surface area contributed by atoms with Crippen molar-refractivity contribution in [1.29, 1.82) is 0 Å². The smallest absolute Gasteiger partial charge is 0.224 e. The molecule has 2 N–H and O–H groups in total. The van der Waals surface area contributed by atoms with Crippen LogP contribution in [0.25, 0.3) is 0 Å². The van der Waals surface area contributed by atoms with Gasteiger partial charge in [0, 0.05) is 12.1 Å². The van der Waals surface area contributed by atoms with E-state index >= 15 is 0 Å². The summed E-state index contributed by atoms with van der Waals surface area (Å²) in [6, 6.07) is 6.06. The van der Waals surface area contributed by atoms with Crippen molar-refractivity contribution in [3.63, 3.8) is 0 Å². The largest absolute Gasteiger partial charge is 0.326 e. The topological polar surface area (TPSA) is 41.1 Å². The minimum Gasteiger partial charge on any atom is -0.326 e. The van der Waals surface area contributed by atoms with E-state index in [2.05, 4.69) is 30.5 Å². The Balaban J connectivity index is 0.00000180. The minimum atomic E-state index is 0. The maximum atomic E-state index is 11.9. The Hall–Kier alpha value is -1.06. The van der Waals surface area contributed by atoms with Crippen LogP contribution in [0.5, 0.6) is 0 Å². The molecule has 3 nitrogen and oxygen atoms in total. The maximum Gasteiger partial charge on any atom is 0.224 e. The molecule has 1 aromatic rings. The lowest BCUT2D eigenvalue weighted by Crippen LogP contribution is -2.30. The normalized spacial score (nSPS) is 15.7. The summed E-state index contributed by atoms with van der Waals surface area (Å²) in [6.07, 6.45) is 2.87. The lowest BCUT2D eigenvalue weighted by Gasteiger charge is -2.22. The zero-order chi connectivity index (χ0) is 13.0. The second-order valence-electron chi connectivity index (χ2n) is 5.24. The lowest BCUT2D eigenvalue weighted by molar-refractivity contribution is -0.117. The van der Waals surface area contributed by atoms with Crippen LogP contribution in [0.2, 0.25) is 0 Å². The molecular weight excluding hydrogens is 260 g/mol. The quantitative estimate of drug-likeness (QED) is 0.895. The number of benzene rings is 1. The molecule has 1 aliphatic rings. The van der Waals surface area contributed by atoms with Crippen molar-refractivity contribution in [2.75, 3.05) is 18.4 Å². The molecular formula is C15H23ClN2O. The van der Waals surface area contributed by atoms with Gasteiger partial charge in [0.05, 0.1) is 0 Å². The van der Waals surface area contributed by atoms with E-state index in [-0.39, 0.29) is 18.3 Å². The van der Waals surface area contributed by atoms with E-state index in [9.17, 15) is 4.79 Å². The summed E-state index contributed by atoms with van der Waals surface area (Å²) in [5.41, 5.74) is 3.39. The Morgan fingerprint density at radius 2 is 1.95 bits per heavy atom. The van der Waals surface area contributed by atoms with Crippen molar-refractivity contribution in [3.8, 4) is 0 Å². The summed E-state index contributed by atoms with van der Waals surface area (Å²) in [6.45, 7) is 6.23. The highest BCUT2D eigenvalue weighted by Gasteiger charge is 2.16. The average molecular weight is 283 g/mol. The Morgan fingerprint density at radius 1 is 1.26 bits per heavy atom. The van der Waals surface area contributed by atoms with E-state index in [1.54, 1.807) is 0 Å². The number of carbonyl (C=O) groups excluding carboxylic acids is 1. The molecule has 0 atom stereocenters. The van der Waals surface area contributed by atoms with Gasteiger partial charge >= 0.3 is 0 Å². The van der Waals surface area contributed by atoms with Gasteiger partial charge in [-0.3, -0.25) is 4.79 Å². The fraction of sp³-hybridized carbons (Fsp3) is 0.533. The van der Waals surface area contributed by atoms with Crippen molar-refractivity contribution in [3.05, 3.63) is 29.3 Å². The van der Waals surface area contributed by atoms with Crippen LogP contribution in [-0.2, 0) is 4.79 Å². The summed E-state index contributed by atoms with van der Waals surface area (Å²) < 4.78 is 0. The number of piperidine rings is 1. The number of carbonyl (C=O) groups is 1. The van der Waals surface area contributed by atoms with Gasteiger partial charge in [-0.2, -0.15) is 0 Å². The molecule has 0 bridgehead atoms. The zero-order valence-corrected chi connectivity index (χ0v) is 12.5. The highest BCUT2D eigenvalue weighted by atomic mass is 35.5. The molecule has 4 heteroatoms. The molecule has 0 spiro atoms. The van der Waals surface area contributed by atoms with Crippen molar-refractivity contribution in [2.24, 2.45) is 5.92 Å². The molecule has 19 heavy (non-hydrogen) atoms. The van der Waals surface area contributed by atoms with Crippen LogP contribution in [-0.4, -0.2) is 19.0 Å². The Kier molecular flexibility index (Phi) is 6.32. The number of nitrogens with one attached hydrogen (secondary N) is 2. The number of amides is 1. The van der Waals surface area contributed by atoms with Crippen LogP contribution >= 0.6 is 12.4 Å². The second kappa shape index (κ2) is 7.51. The first kappa shape index (κ1) is 16.0. The van der Waals surface area contributed by atoms with Gasteiger partial charge < -0.3 is 10.6 Å². The number of hydrogen-bond donors (Lipinski definition) is 2. The van der Waals surface area contributed by atoms with Crippen molar-refractivity contribution in [2.45, 2.75) is 33.1 Å². The van der Waals surface area contributed by atoms with Gasteiger partial charge in [-0.15, -0.1) is 12.4 Å². The molecule has 106 valence electrons. The van der Waals surface area contributed by atoms with Crippen LogP contribution < -0.4 is 10.6 Å². The predicted octanol–water partition coefficient (Wildman–Crippen LogP) is 3.05. The van der Waals surface area contributed by atoms with Crippen molar-refractivity contribution < 1.29 is 4.79 Å². The lowest BCUT2D eigenvalue weighted by atomic mass is 9.94. The first-order valence-electron chi connectivity index (χ1n) is 6.73. The highest BCUT2D eigenvalue weighted by molar-refractivity contribution is 5.91. The van der Waals surface area contributed by atoms with E-state index in [0.717, 1.165) is 31.6 Å². The van der Waals surface area contributed by atoms with E-state index in [1.807, 2.05) is 12.1 Å². The van der Waals surface area contributed by atoms with Crippen LogP contribution in [0.15, 0.2) is 18.2 Å². The van der Waals surface area contributed by atoms with Gasteiger partial charge in [-0.25, -0.2) is 0 Å². The SMILES string of the molecule is Cc1ccc(NC(=O)CC2CCNCC2)cc1C.Cl. The van der Waals surface area contributed by atoms with Gasteiger partial charge in [0.1, 0.15) is 0 Å². The first-order chi connectivity index (χ1) is 8.65. The van der Waals surface area contributed by atoms with Crippen molar-refractivity contribution >= 4 is 24.0 Å². The van der Waals surface area contributed by atoms with E-state index in [0.29, 0.717) is 12.3 Å². The monoisotopic (exact) mass is 282 g/mol. The molecule has 0 aliphatic carbocycles. The second-order valence-corrected chi connectivity index (χ2v) is 5.24. The third-order valence-electron chi connectivity index (χ3n) is 3.72. The molecule has 0 radical (unpaired) electrons. The number of anilines is 1. The molecule has 1 heterocycles. The van der Waals surface area contributed by atoms with Crippen LogP contribution in [0.3, 0.4) is 0 Å². The molecule has 2 rings (SSSR count). The highest BCUT2D eigenvalue weighted by Crippen LogP contribution is 2.18. The molecule has 0 unspecified atom stereocenters. The van der Waals surface area contributed by atoms with E-state index in [4.69, 9.17) is 0 Å². The van der Waals surface area contributed by atoms with Crippen LogP contribution in [0, 0.1) is 19.8 Å². The molecule has 0 saturated carbocycles. The van der Waals surface area contributed by atoms with Crippen LogP contribution in [0.1, 0.15) is 30.4 Å². The number of rotatable bonds is 3. The first-order valence-corrected chi connectivity index (χ1v) is 6.73. The molecule has 1 aliphatic heterocycles. The number of halogens is 1. The fourth-order valence-corrected chi connectivity index (χ4v) is 2.38. The zero-order valence-electron chi connectivity index (χ0n) is 11.7. The summed E-state index contributed by atoms with van der Waals surface area (Å²) in [7, 11) is 0. The van der Waals surface area contributed by atoms with Gasteiger partial charge in [-0.05, 0) is 69.0 Å². The van der Waals surface area contributed by atoms with E-state index < -0.39 is 0 Å². The standard InChI is InChI=1S/C15H22N2O.ClH/c1-11-3-4-14(9-12(11)2)17-15(18)10-13-5-7-16-8-6-13;/h3-4,9,13,16H,5-8,10H2,1-2H3,(H,17,18);1H. The number of hydrogen-bond acceptors (Lipinski definition) is 2. The molecule has 1 saturated heterocycles. The minimum absolute atomic E-state index is 0. The predicted molar refractivity (Wildman–Crippen MR) is 82.0 cm³/mol. The number of aryl methyl sites for hydroxylation is 2. The summed E-state index contributed by atoms with van der Waals surface area (Å²) in [5.74, 6) is 0.683. The average Bonchev–Trinajstić information content (AvgIpc) is 2.35. The molecule has 1 fully saturated rings. The molecule has 0 aromatic heterocycles. The van der Waals surface area contributed by atoms with Gasteiger partial charge in [0.2, 0.25) is 5.91 Å². The van der Waals surface area contributed by atoms with Gasteiger partial charge in [0.15, 0.2) is 0 Å². The maximum absolute atomic E-state index is 11.9. The third kappa shape index (κ3) is 4.84. The van der Waals surface area contributed by atoms with Crippen LogP contribution in [0.4, 0.5) is 5.69 Å². The summed E-state index contributed by atoms with van der Waals surface area (Å²) in [5, 5.41) is 6.32. The summed E-state index contributed by atoms with van der Waals surface area (Å²) in [4.78, 5) is 11.9. The molecule has 1 amide bonds. The third-order valence-corrected chi connectivity index (χ3v) is 3.72. The Bertz CT molecular complexity index is 428. The van der Waals surface area contributed by atoms with Gasteiger partial charge in [0.25, 0.3) is 0 Å². The van der Waals surface area contributed by atoms with E-state index in [1.165, 1.54) is 11.1 Å².